The Hall–Kier alpha value is -1.09. The second-order valence-electron chi connectivity index (χ2n) is 4.74. The maximum Gasteiger partial charge on any atom is 0.140 e. The summed E-state index contributed by atoms with van der Waals surface area (Å²) in [4.78, 5) is 4.51. The lowest BCUT2D eigenvalue weighted by atomic mass is 9.88. The highest BCUT2D eigenvalue weighted by Gasteiger charge is 2.20. The van der Waals surface area contributed by atoms with E-state index in [-0.39, 0.29) is 0 Å². The molecule has 2 N–H and O–H groups in total. The van der Waals surface area contributed by atoms with Crippen LogP contribution in [0.15, 0.2) is 12.3 Å². The lowest BCUT2D eigenvalue weighted by molar-refractivity contribution is 0.355. The zero-order chi connectivity index (χ0) is 11.5. The fourth-order valence-electron chi connectivity index (χ4n) is 2.30. The van der Waals surface area contributed by atoms with Crippen LogP contribution in [-0.4, -0.2) is 18.1 Å². The van der Waals surface area contributed by atoms with Gasteiger partial charge in [-0.05, 0) is 24.9 Å². The van der Waals surface area contributed by atoms with Gasteiger partial charge in [0.15, 0.2) is 0 Å². The van der Waals surface area contributed by atoms with E-state index in [1.165, 1.54) is 11.3 Å². The molecular weight excluding hydrogens is 200 g/mol. The van der Waals surface area contributed by atoms with Gasteiger partial charge in [0.05, 0.1) is 12.8 Å². The van der Waals surface area contributed by atoms with Gasteiger partial charge in [0.25, 0.3) is 0 Å². The third-order valence-corrected chi connectivity index (χ3v) is 3.26. The minimum atomic E-state index is 0.468. The molecule has 0 aromatic carbocycles. The van der Waals surface area contributed by atoms with Gasteiger partial charge in [-0.25, -0.2) is 0 Å². The fourth-order valence-corrected chi connectivity index (χ4v) is 2.30. The average Bonchev–Trinajstić information content (AvgIpc) is 2.72. The van der Waals surface area contributed by atoms with Crippen molar-refractivity contribution >= 4 is 0 Å². The first-order valence-corrected chi connectivity index (χ1v) is 6.04. The van der Waals surface area contributed by atoms with E-state index in [0.717, 1.165) is 31.7 Å². The first kappa shape index (κ1) is 11.4. The number of hydrogen-bond donors (Lipinski definition) is 1. The number of pyridine rings is 1. The number of nitrogens with two attached hydrogens (primary N) is 1. The summed E-state index contributed by atoms with van der Waals surface area (Å²) in [6.45, 7) is 5.97. The second kappa shape index (κ2) is 4.83. The molecule has 0 spiro atoms. The monoisotopic (exact) mass is 220 g/mol. The second-order valence-corrected chi connectivity index (χ2v) is 4.74. The lowest BCUT2D eigenvalue weighted by Crippen LogP contribution is -2.14. The molecule has 1 aliphatic rings. The van der Waals surface area contributed by atoms with Crippen LogP contribution in [0, 0.1) is 5.92 Å². The molecule has 1 atom stereocenters. The van der Waals surface area contributed by atoms with Gasteiger partial charge in [-0.1, -0.05) is 13.8 Å². The standard InChI is InChI=1S/C13H20N2O/c1-9(2)11(3-5-14)12-7-10-4-6-16-13(10)8-15-12/h7-9,11H,3-6,14H2,1-2H3. The zero-order valence-corrected chi connectivity index (χ0v) is 10.1. The quantitative estimate of drug-likeness (QED) is 0.845. The van der Waals surface area contributed by atoms with Crippen LogP contribution in [0.3, 0.4) is 0 Å². The summed E-state index contributed by atoms with van der Waals surface area (Å²) < 4.78 is 5.47. The van der Waals surface area contributed by atoms with Crippen LogP contribution < -0.4 is 10.5 Å². The van der Waals surface area contributed by atoms with E-state index >= 15 is 0 Å². The molecule has 0 fully saturated rings. The Morgan fingerprint density at radius 2 is 2.31 bits per heavy atom. The molecule has 0 radical (unpaired) electrons. The van der Waals surface area contributed by atoms with Crippen LogP contribution in [0.4, 0.5) is 0 Å². The average molecular weight is 220 g/mol. The molecule has 2 heterocycles. The number of nitrogens with zero attached hydrogens (tertiary/aromatic N) is 1. The van der Waals surface area contributed by atoms with E-state index in [1.54, 1.807) is 0 Å². The van der Waals surface area contributed by atoms with E-state index in [4.69, 9.17) is 10.5 Å². The third-order valence-electron chi connectivity index (χ3n) is 3.26. The summed E-state index contributed by atoms with van der Waals surface area (Å²) in [5.74, 6) is 2.01. The molecule has 1 unspecified atom stereocenters. The minimum Gasteiger partial charge on any atom is -0.491 e. The molecule has 2 rings (SSSR count). The number of aromatic nitrogens is 1. The Kier molecular flexibility index (Phi) is 3.44. The van der Waals surface area contributed by atoms with E-state index in [9.17, 15) is 0 Å². The van der Waals surface area contributed by atoms with Gasteiger partial charge in [0.2, 0.25) is 0 Å². The van der Waals surface area contributed by atoms with E-state index in [0.29, 0.717) is 11.8 Å². The van der Waals surface area contributed by atoms with Crippen LogP contribution in [0.25, 0.3) is 0 Å². The molecule has 3 heteroatoms. The molecule has 1 aromatic heterocycles. The van der Waals surface area contributed by atoms with Gasteiger partial charge in [-0.3, -0.25) is 4.98 Å². The van der Waals surface area contributed by atoms with Crippen LogP contribution in [0.5, 0.6) is 5.75 Å². The van der Waals surface area contributed by atoms with Crippen molar-refractivity contribution in [2.24, 2.45) is 11.7 Å². The zero-order valence-electron chi connectivity index (χ0n) is 10.1. The van der Waals surface area contributed by atoms with Crippen LogP contribution >= 0.6 is 0 Å². The highest BCUT2D eigenvalue weighted by molar-refractivity contribution is 5.36. The Balaban J connectivity index is 2.24. The Morgan fingerprint density at radius 1 is 1.50 bits per heavy atom. The predicted molar refractivity (Wildman–Crippen MR) is 64.7 cm³/mol. The number of ether oxygens (including phenoxy) is 1. The van der Waals surface area contributed by atoms with Crippen molar-refractivity contribution in [3.8, 4) is 5.75 Å². The summed E-state index contributed by atoms with van der Waals surface area (Å²) in [6.07, 6.45) is 3.88. The molecule has 0 saturated carbocycles. The largest absolute Gasteiger partial charge is 0.491 e. The van der Waals surface area contributed by atoms with E-state index in [2.05, 4.69) is 24.9 Å². The van der Waals surface area contributed by atoms with Gasteiger partial charge in [0, 0.05) is 23.6 Å². The normalized spacial score (nSPS) is 16.0. The smallest absolute Gasteiger partial charge is 0.140 e. The van der Waals surface area contributed by atoms with Crippen molar-refractivity contribution in [1.82, 2.24) is 4.98 Å². The Bertz CT molecular complexity index is 363. The van der Waals surface area contributed by atoms with Crippen molar-refractivity contribution in [3.05, 3.63) is 23.5 Å². The van der Waals surface area contributed by atoms with Crippen molar-refractivity contribution in [1.29, 1.82) is 0 Å². The fraction of sp³-hybridized carbons (Fsp3) is 0.615. The predicted octanol–water partition coefficient (Wildman–Crippen LogP) is 2.10. The summed E-state index contributed by atoms with van der Waals surface area (Å²) in [5, 5.41) is 0. The molecule has 0 aliphatic carbocycles. The first-order valence-electron chi connectivity index (χ1n) is 6.04. The van der Waals surface area contributed by atoms with Crippen LogP contribution in [0.1, 0.15) is 37.4 Å². The highest BCUT2D eigenvalue weighted by Crippen LogP contribution is 2.31. The Morgan fingerprint density at radius 3 is 3.00 bits per heavy atom. The van der Waals surface area contributed by atoms with Crippen LogP contribution in [0.2, 0.25) is 0 Å². The third kappa shape index (κ3) is 2.19. The molecule has 0 bridgehead atoms. The molecule has 88 valence electrons. The molecule has 0 amide bonds. The summed E-state index contributed by atoms with van der Waals surface area (Å²) >= 11 is 0. The van der Waals surface area contributed by atoms with Gasteiger partial charge < -0.3 is 10.5 Å². The SMILES string of the molecule is CC(C)C(CCN)c1cc2c(cn1)OCC2. The molecule has 3 nitrogen and oxygen atoms in total. The van der Waals surface area contributed by atoms with Crippen LogP contribution in [-0.2, 0) is 6.42 Å². The number of hydrogen-bond acceptors (Lipinski definition) is 3. The summed E-state index contributed by atoms with van der Waals surface area (Å²) in [6, 6.07) is 2.20. The van der Waals surface area contributed by atoms with Gasteiger partial charge in [-0.15, -0.1) is 0 Å². The summed E-state index contributed by atoms with van der Waals surface area (Å²) in [5.41, 5.74) is 8.13. The van der Waals surface area contributed by atoms with Crippen molar-refractivity contribution in [2.75, 3.05) is 13.2 Å². The molecule has 1 aliphatic heterocycles. The number of rotatable bonds is 4. The van der Waals surface area contributed by atoms with E-state index < -0.39 is 0 Å². The Labute approximate surface area is 97.0 Å². The molecule has 16 heavy (non-hydrogen) atoms. The van der Waals surface area contributed by atoms with Gasteiger partial charge in [-0.2, -0.15) is 0 Å². The maximum atomic E-state index is 5.66. The molecular formula is C13H20N2O. The van der Waals surface area contributed by atoms with Gasteiger partial charge in [0.1, 0.15) is 5.75 Å². The highest BCUT2D eigenvalue weighted by atomic mass is 16.5. The minimum absolute atomic E-state index is 0.468. The number of fused-ring (bicyclic) bond motifs is 1. The summed E-state index contributed by atoms with van der Waals surface area (Å²) in [7, 11) is 0. The molecule has 0 saturated heterocycles. The first-order chi connectivity index (χ1) is 7.72. The maximum absolute atomic E-state index is 5.66. The lowest BCUT2D eigenvalue weighted by Gasteiger charge is -2.20. The molecule has 1 aromatic rings. The van der Waals surface area contributed by atoms with Gasteiger partial charge >= 0.3 is 0 Å². The van der Waals surface area contributed by atoms with E-state index in [1.807, 2.05) is 6.20 Å². The topological polar surface area (TPSA) is 48.1 Å². The van der Waals surface area contributed by atoms with Crippen molar-refractivity contribution in [2.45, 2.75) is 32.6 Å². The van der Waals surface area contributed by atoms with Crippen molar-refractivity contribution < 1.29 is 4.74 Å². The van der Waals surface area contributed by atoms with Crippen molar-refractivity contribution in [3.63, 3.8) is 0 Å².